The molecule has 6 heteroatoms. The van der Waals surface area contributed by atoms with Gasteiger partial charge in [0.25, 0.3) is 0 Å². The molecule has 0 fully saturated rings. The summed E-state index contributed by atoms with van der Waals surface area (Å²) in [7, 11) is 1.33. The van der Waals surface area contributed by atoms with Crippen molar-refractivity contribution in [3.8, 4) is 0 Å². The first kappa shape index (κ1) is 10.4. The van der Waals surface area contributed by atoms with E-state index in [0.717, 1.165) is 0 Å². The number of rotatable bonds is 1. The molecule has 15 heavy (non-hydrogen) atoms. The Morgan fingerprint density at radius 1 is 1.67 bits per heavy atom. The Kier molecular flexibility index (Phi) is 2.67. The normalized spacial score (nSPS) is 10.6. The van der Waals surface area contributed by atoms with Gasteiger partial charge >= 0.3 is 5.97 Å². The van der Waals surface area contributed by atoms with E-state index in [-0.39, 0.29) is 0 Å². The highest BCUT2D eigenvalue weighted by atomic mass is 79.9. The average molecular weight is 290 g/mol. The number of esters is 1. The highest BCUT2D eigenvalue weighted by Gasteiger charge is 2.16. The van der Waals surface area contributed by atoms with Gasteiger partial charge in [-0.25, -0.2) is 9.78 Å². The SMILES string of the molecule is COC(=O)c1cc(Br)c2c(Cl)nccn12. The molecule has 78 valence electrons. The molecule has 2 aromatic heterocycles. The molecular formula is C9H6BrClN2O2. The number of hydrogen-bond donors (Lipinski definition) is 0. The van der Waals surface area contributed by atoms with Crippen molar-refractivity contribution in [3.63, 3.8) is 0 Å². The lowest BCUT2D eigenvalue weighted by atomic mass is 10.4. The third-order valence-corrected chi connectivity index (χ3v) is 2.86. The second-order valence-electron chi connectivity index (χ2n) is 2.81. The van der Waals surface area contributed by atoms with Gasteiger partial charge in [0.2, 0.25) is 0 Å². The largest absolute Gasteiger partial charge is 0.464 e. The lowest BCUT2D eigenvalue weighted by Gasteiger charge is -2.00. The molecule has 0 spiro atoms. The monoisotopic (exact) mass is 288 g/mol. The Balaban J connectivity index is 2.79. The van der Waals surface area contributed by atoms with Crippen LogP contribution in [0.5, 0.6) is 0 Å². The highest BCUT2D eigenvalue weighted by Crippen LogP contribution is 2.27. The van der Waals surface area contributed by atoms with Crippen molar-refractivity contribution < 1.29 is 9.53 Å². The van der Waals surface area contributed by atoms with Crippen LogP contribution >= 0.6 is 27.5 Å². The Hall–Kier alpha value is -1.07. The van der Waals surface area contributed by atoms with Crippen LogP contribution in [-0.4, -0.2) is 22.5 Å². The van der Waals surface area contributed by atoms with E-state index in [0.29, 0.717) is 20.8 Å². The molecule has 0 N–H and O–H groups in total. The summed E-state index contributed by atoms with van der Waals surface area (Å²) in [4.78, 5) is 15.4. The van der Waals surface area contributed by atoms with Crippen LogP contribution in [0.1, 0.15) is 10.5 Å². The number of methoxy groups -OCH3 is 1. The number of hydrogen-bond acceptors (Lipinski definition) is 3. The van der Waals surface area contributed by atoms with Gasteiger partial charge in [0, 0.05) is 16.9 Å². The molecule has 0 amide bonds. The molecule has 2 aromatic rings. The molecule has 0 unspecified atom stereocenters. The summed E-state index contributed by atoms with van der Waals surface area (Å²) >= 11 is 9.22. The first-order chi connectivity index (χ1) is 7.15. The highest BCUT2D eigenvalue weighted by molar-refractivity contribution is 9.10. The lowest BCUT2D eigenvalue weighted by Crippen LogP contribution is -2.05. The van der Waals surface area contributed by atoms with E-state index >= 15 is 0 Å². The first-order valence-electron chi connectivity index (χ1n) is 4.04. The van der Waals surface area contributed by atoms with Gasteiger partial charge in [0.05, 0.1) is 12.6 Å². The second-order valence-corrected chi connectivity index (χ2v) is 4.02. The lowest BCUT2D eigenvalue weighted by molar-refractivity contribution is 0.0593. The molecule has 0 aliphatic carbocycles. The zero-order chi connectivity index (χ0) is 11.0. The molecule has 0 atom stereocenters. The topological polar surface area (TPSA) is 43.6 Å². The number of nitrogens with zero attached hydrogens (tertiary/aromatic N) is 2. The summed E-state index contributed by atoms with van der Waals surface area (Å²) in [5, 5.41) is 0.333. The number of carbonyl (C=O) groups is 1. The first-order valence-corrected chi connectivity index (χ1v) is 5.21. The molecule has 0 aliphatic heterocycles. The van der Waals surface area contributed by atoms with E-state index in [2.05, 4.69) is 25.7 Å². The van der Waals surface area contributed by atoms with E-state index in [4.69, 9.17) is 11.6 Å². The van der Waals surface area contributed by atoms with Gasteiger partial charge in [-0.15, -0.1) is 0 Å². The van der Waals surface area contributed by atoms with Crippen molar-refractivity contribution in [3.05, 3.63) is 33.8 Å². The molecule has 0 bridgehead atoms. The minimum atomic E-state index is -0.419. The van der Waals surface area contributed by atoms with Crippen molar-refractivity contribution in [2.45, 2.75) is 0 Å². The zero-order valence-electron chi connectivity index (χ0n) is 7.70. The molecule has 0 saturated heterocycles. The zero-order valence-corrected chi connectivity index (χ0v) is 10.0. The number of fused-ring (bicyclic) bond motifs is 1. The molecule has 2 rings (SSSR count). The molecule has 0 aliphatic rings. The quantitative estimate of drug-likeness (QED) is 0.758. The van der Waals surface area contributed by atoms with Gasteiger partial charge < -0.3 is 9.14 Å². The van der Waals surface area contributed by atoms with Crippen molar-refractivity contribution in [1.82, 2.24) is 9.38 Å². The summed E-state index contributed by atoms with van der Waals surface area (Å²) in [6.45, 7) is 0. The van der Waals surface area contributed by atoms with E-state index < -0.39 is 5.97 Å². The molecule has 4 nitrogen and oxygen atoms in total. The predicted molar refractivity (Wildman–Crippen MR) is 59.2 cm³/mol. The van der Waals surface area contributed by atoms with Gasteiger partial charge in [-0.3, -0.25) is 0 Å². The van der Waals surface area contributed by atoms with Crippen molar-refractivity contribution in [1.29, 1.82) is 0 Å². The van der Waals surface area contributed by atoms with E-state index in [1.165, 1.54) is 13.3 Å². The van der Waals surface area contributed by atoms with Crippen molar-refractivity contribution in [2.75, 3.05) is 7.11 Å². The Bertz CT molecular complexity index is 538. The number of ether oxygens (including phenoxy) is 1. The third kappa shape index (κ3) is 1.61. The number of aromatic nitrogens is 2. The van der Waals surface area contributed by atoms with Crippen LogP contribution in [0.4, 0.5) is 0 Å². The molecule has 2 heterocycles. The predicted octanol–water partition coefficient (Wildman–Crippen LogP) is 2.54. The van der Waals surface area contributed by atoms with Gasteiger partial charge in [-0.1, -0.05) is 11.6 Å². The smallest absolute Gasteiger partial charge is 0.355 e. The molecule has 0 saturated carbocycles. The molecular weight excluding hydrogens is 283 g/mol. The Labute approximate surface area is 98.9 Å². The average Bonchev–Trinajstić information content (AvgIpc) is 2.56. The van der Waals surface area contributed by atoms with E-state index in [9.17, 15) is 4.79 Å². The van der Waals surface area contributed by atoms with Crippen LogP contribution in [0.15, 0.2) is 22.9 Å². The maximum absolute atomic E-state index is 11.4. The van der Waals surface area contributed by atoms with Crippen LogP contribution in [0.3, 0.4) is 0 Å². The van der Waals surface area contributed by atoms with Gasteiger partial charge in [0.1, 0.15) is 5.69 Å². The molecule has 0 radical (unpaired) electrons. The van der Waals surface area contributed by atoms with Crippen molar-refractivity contribution in [2.24, 2.45) is 0 Å². The standard InChI is InChI=1S/C9H6BrClN2O2/c1-15-9(14)6-4-5(10)7-8(11)12-2-3-13(6)7/h2-4H,1H3. The fraction of sp³-hybridized carbons (Fsp3) is 0.111. The number of halogens is 2. The van der Waals surface area contributed by atoms with Gasteiger partial charge in [0.15, 0.2) is 5.15 Å². The summed E-state index contributed by atoms with van der Waals surface area (Å²) in [6, 6.07) is 1.65. The maximum atomic E-state index is 11.4. The fourth-order valence-corrected chi connectivity index (χ4v) is 2.29. The Morgan fingerprint density at radius 2 is 2.40 bits per heavy atom. The summed E-state index contributed by atoms with van der Waals surface area (Å²) in [6.07, 6.45) is 3.17. The Morgan fingerprint density at radius 3 is 3.07 bits per heavy atom. The fourth-order valence-electron chi connectivity index (χ4n) is 1.33. The van der Waals surface area contributed by atoms with Crippen LogP contribution in [0.25, 0.3) is 5.52 Å². The van der Waals surface area contributed by atoms with E-state index in [1.54, 1.807) is 16.7 Å². The third-order valence-electron chi connectivity index (χ3n) is 1.98. The number of carbonyl (C=O) groups excluding carboxylic acids is 1. The summed E-state index contributed by atoms with van der Waals surface area (Å²) in [5.41, 5.74) is 1.06. The van der Waals surface area contributed by atoms with Gasteiger partial charge in [-0.2, -0.15) is 0 Å². The minimum absolute atomic E-state index is 0.333. The summed E-state index contributed by atoms with van der Waals surface area (Å²) < 4.78 is 6.99. The second kappa shape index (κ2) is 3.83. The minimum Gasteiger partial charge on any atom is -0.464 e. The van der Waals surface area contributed by atoms with E-state index in [1.807, 2.05) is 0 Å². The molecule has 0 aromatic carbocycles. The van der Waals surface area contributed by atoms with Crippen molar-refractivity contribution >= 4 is 39.0 Å². The van der Waals surface area contributed by atoms with Crippen LogP contribution in [0.2, 0.25) is 5.15 Å². The maximum Gasteiger partial charge on any atom is 0.355 e. The van der Waals surface area contributed by atoms with Crippen LogP contribution in [0, 0.1) is 0 Å². The van der Waals surface area contributed by atoms with Crippen LogP contribution in [-0.2, 0) is 4.74 Å². The van der Waals surface area contributed by atoms with Gasteiger partial charge in [-0.05, 0) is 22.0 Å². The van der Waals surface area contributed by atoms with Crippen LogP contribution < -0.4 is 0 Å². The summed E-state index contributed by atoms with van der Waals surface area (Å²) in [5.74, 6) is -0.419.